The third-order valence-electron chi connectivity index (χ3n) is 3.53. The van der Waals surface area contributed by atoms with Gasteiger partial charge in [-0.1, -0.05) is 33.6 Å². The van der Waals surface area contributed by atoms with E-state index in [4.69, 9.17) is 5.73 Å². The number of carbonyl (C=O) groups excluding carboxylic acids is 1. The van der Waals surface area contributed by atoms with E-state index in [0.717, 1.165) is 23.3 Å². The molecule has 1 aliphatic carbocycles. The van der Waals surface area contributed by atoms with Crippen LogP contribution >= 0.6 is 11.8 Å². The number of nitrogens with two attached hydrogens (primary N) is 1. The lowest BCUT2D eigenvalue weighted by Gasteiger charge is -2.27. The molecule has 1 fully saturated rings. The van der Waals surface area contributed by atoms with Crippen molar-refractivity contribution in [1.82, 2.24) is 5.32 Å². The molecule has 18 heavy (non-hydrogen) atoms. The monoisotopic (exact) mass is 272 g/mol. The maximum absolute atomic E-state index is 11.3. The minimum atomic E-state index is -0.221. The summed E-state index contributed by atoms with van der Waals surface area (Å²) in [5.41, 5.74) is 5.42. The van der Waals surface area contributed by atoms with E-state index in [9.17, 15) is 4.79 Å². The highest BCUT2D eigenvalue weighted by Crippen LogP contribution is 2.32. The van der Waals surface area contributed by atoms with Gasteiger partial charge in [-0.2, -0.15) is 11.8 Å². The number of thioether (sulfide) groups is 1. The Bertz CT molecular complexity index is 258. The average molecular weight is 272 g/mol. The van der Waals surface area contributed by atoms with Crippen LogP contribution in [0.25, 0.3) is 0 Å². The van der Waals surface area contributed by atoms with E-state index in [1.807, 2.05) is 25.6 Å². The van der Waals surface area contributed by atoms with Crippen molar-refractivity contribution in [2.45, 2.75) is 70.2 Å². The van der Waals surface area contributed by atoms with Crippen LogP contribution in [-0.4, -0.2) is 29.0 Å². The van der Waals surface area contributed by atoms with Crippen LogP contribution in [0.1, 0.15) is 52.9 Å². The molecule has 1 amide bonds. The Labute approximate surface area is 116 Å². The predicted molar refractivity (Wildman–Crippen MR) is 79.7 cm³/mol. The van der Waals surface area contributed by atoms with Gasteiger partial charge in [0.1, 0.15) is 0 Å². The van der Waals surface area contributed by atoms with Gasteiger partial charge in [-0.05, 0) is 30.9 Å². The molecule has 106 valence electrons. The second-order valence-electron chi connectivity index (χ2n) is 5.83. The fourth-order valence-corrected chi connectivity index (χ4v) is 4.10. The summed E-state index contributed by atoms with van der Waals surface area (Å²) in [4.78, 5) is 11.3. The first-order valence-corrected chi connectivity index (χ1v) is 8.21. The first kappa shape index (κ1) is 15.8. The van der Waals surface area contributed by atoms with Crippen LogP contribution in [0.3, 0.4) is 0 Å². The van der Waals surface area contributed by atoms with E-state index in [2.05, 4.69) is 12.2 Å². The van der Waals surface area contributed by atoms with Crippen LogP contribution in [-0.2, 0) is 4.79 Å². The zero-order valence-corrected chi connectivity index (χ0v) is 12.8. The molecular weight excluding hydrogens is 244 g/mol. The zero-order chi connectivity index (χ0) is 13.5. The number of hydrogen-bond acceptors (Lipinski definition) is 3. The lowest BCUT2D eigenvalue weighted by atomic mass is 9.91. The van der Waals surface area contributed by atoms with E-state index in [1.165, 1.54) is 25.7 Å². The molecule has 0 aromatic heterocycles. The van der Waals surface area contributed by atoms with Crippen molar-refractivity contribution in [3.8, 4) is 0 Å². The summed E-state index contributed by atoms with van der Waals surface area (Å²) in [5.74, 6) is 1.68. The van der Waals surface area contributed by atoms with Gasteiger partial charge in [-0.3, -0.25) is 4.79 Å². The summed E-state index contributed by atoms with van der Waals surface area (Å²) in [6, 6.07) is 0.140. The first-order valence-electron chi connectivity index (χ1n) is 7.16. The maximum atomic E-state index is 11.3. The number of amides is 1. The number of rotatable bonds is 7. The average Bonchev–Trinajstić information content (AvgIpc) is 2.27. The molecule has 0 radical (unpaired) electrons. The molecule has 0 aromatic carbocycles. The van der Waals surface area contributed by atoms with E-state index in [0.29, 0.717) is 6.04 Å². The largest absolute Gasteiger partial charge is 0.368 e. The Kier molecular flexibility index (Phi) is 7.08. The van der Waals surface area contributed by atoms with Crippen molar-refractivity contribution in [2.75, 3.05) is 5.75 Å². The van der Waals surface area contributed by atoms with E-state index < -0.39 is 0 Å². The van der Waals surface area contributed by atoms with Gasteiger partial charge in [-0.25, -0.2) is 0 Å². The van der Waals surface area contributed by atoms with E-state index >= 15 is 0 Å². The van der Waals surface area contributed by atoms with Gasteiger partial charge < -0.3 is 11.1 Å². The van der Waals surface area contributed by atoms with Crippen molar-refractivity contribution in [3.63, 3.8) is 0 Å². The minimum absolute atomic E-state index is 0.168. The lowest BCUT2D eigenvalue weighted by molar-refractivity contribution is -0.120. The quantitative estimate of drug-likeness (QED) is 0.749. The summed E-state index contributed by atoms with van der Waals surface area (Å²) in [5, 5.41) is 4.03. The third-order valence-corrected chi connectivity index (χ3v) is 4.90. The minimum Gasteiger partial charge on any atom is -0.368 e. The maximum Gasteiger partial charge on any atom is 0.234 e. The standard InChI is InChI=1S/C14H28N2OS/c1-10(2)16-13(14(15)17)7-8-18-12-6-4-5-11(3)9-12/h10-13,16H,4-9H2,1-3H3,(H2,15,17). The second kappa shape index (κ2) is 8.05. The summed E-state index contributed by atoms with van der Waals surface area (Å²) in [6.07, 6.45) is 6.28. The van der Waals surface area contributed by atoms with Crippen molar-refractivity contribution in [3.05, 3.63) is 0 Å². The molecule has 1 saturated carbocycles. The van der Waals surface area contributed by atoms with Gasteiger partial charge in [0.25, 0.3) is 0 Å². The van der Waals surface area contributed by atoms with Gasteiger partial charge in [0.2, 0.25) is 5.91 Å². The van der Waals surface area contributed by atoms with Crippen LogP contribution in [0.5, 0.6) is 0 Å². The molecule has 0 bridgehead atoms. The van der Waals surface area contributed by atoms with Crippen LogP contribution in [0.4, 0.5) is 0 Å². The van der Waals surface area contributed by atoms with Gasteiger partial charge in [0, 0.05) is 11.3 Å². The summed E-state index contributed by atoms with van der Waals surface area (Å²) in [7, 11) is 0. The fourth-order valence-electron chi connectivity index (χ4n) is 2.59. The smallest absolute Gasteiger partial charge is 0.234 e. The molecule has 0 aromatic rings. The molecule has 3 N–H and O–H groups in total. The molecule has 3 nitrogen and oxygen atoms in total. The number of carbonyl (C=O) groups is 1. The molecule has 1 aliphatic rings. The fraction of sp³-hybridized carbons (Fsp3) is 0.929. The Morgan fingerprint density at radius 2 is 2.17 bits per heavy atom. The highest BCUT2D eigenvalue weighted by molar-refractivity contribution is 7.99. The SMILES string of the molecule is CC1CCCC(SCCC(NC(C)C)C(N)=O)C1. The summed E-state index contributed by atoms with van der Waals surface area (Å²) < 4.78 is 0. The van der Waals surface area contributed by atoms with Gasteiger partial charge in [0.15, 0.2) is 0 Å². The molecular formula is C14H28N2OS. The molecule has 1 rings (SSSR count). The topological polar surface area (TPSA) is 55.1 Å². The Morgan fingerprint density at radius 1 is 1.44 bits per heavy atom. The Balaban J connectivity index is 2.23. The molecule has 0 heterocycles. The molecule has 0 spiro atoms. The first-order chi connectivity index (χ1) is 8.49. The molecule has 4 heteroatoms. The summed E-state index contributed by atoms with van der Waals surface area (Å²) in [6.45, 7) is 6.44. The molecule has 0 saturated heterocycles. The van der Waals surface area contributed by atoms with Crippen molar-refractivity contribution < 1.29 is 4.79 Å². The van der Waals surface area contributed by atoms with Crippen molar-refractivity contribution in [2.24, 2.45) is 11.7 Å². The highest BCUT2D eigenvalue weighted by Gasteiger charge is 2.21. The summed E-state index contributed by atoms with van der Waals surface area (Å²) >= 11 is 2.03. The van der Waals surface area contributed by atoms with Crippen LogP contribution in [0.2, 0.25) is 0 Å². The van der Waals surface area contributed by atoms with Gasteiger partial charge >= 0.3 is 0 Å². The Hall–Kier alpha value is -0.220. The second-order valence-corrected chi connectivity index (χ2v) is 7.24. The third kappa shape index (κ3) is 6.10. The van der Waals surface area contributed by atoms with E-state index in [1.54, 1.807) is 0 Å². The zero-order valence-electron chi connectivity index (χ0n) is 11.9. The van der Waals surface area contributed by atoms with Crippen LogP contribution in [0.15, 0.2) is 0 Å². The molecule has 3 unspecified atom stereocenters. The predicted octanol–water partition coefficient (Wildman–Crippen LogP) is 2.54. The molecule has 0 aliphatic heterocycles. The lowest BCUT2D eigenvalue weighted by Crippen LogP contribution is -2.44. The van der Waals surface area contributed by atoms with Gasteiger partial charge in [-0.15, -0.1) is 0 Å². The van der Waals surface area contributed by atoms with Crippen LogP contribution < -0.4 is 11.1 Å². The normalized spacial score (nSPS) is 26.2. The van der Waals surface area contributed by atoms with E-state index in [-0.39, 0.29) is 11.9 Å². The van der Waals surface area contributed by atoms with Crippen molar-refractivity contribution in [1.29, 1.82) is 0 Å². The van der Waals surface area contributed by atoms with Gasteiger partial charge in [0.05, 0.1) is 6.04 Å². The Morgan fingerprint density at radius 3 is 2.72 bits per heavy atom. The number of primary amides is 1. The highest BCUT2D eigenvalue weighted by atomic mass is 32.2. The van der Waals surface area contributed by atoms with Crippen molar-refractivity contribution >= 4 is 17.7 Å². The molecule has 3 atom stereocenters. The number of hydrogen-bond donors (Lipinski definition) is 2. The number of nitrogens with one attached hydrogen (secondary N) is 1. The van der Waals surface area contributed by atoms with Crippen LogP contribution in [0, 0.1) is 5.92 Å².